The molecule has 2 saturated heterocycles. The van der Waals surface area contributed by atoms with Gasteiger partial charge in [0.05, 0.1) is 38.1 Å². The molecule has 0 radical (unpaired) electrons. The molecule has 0 aliphatic carbocycles. The highest BCUT2D eigenvalue weighted by Crippen LogP contribution is 2.31. The predicted molar refractivity (Wildman–Crippen MR) is 104 cm³/mol. The van der Waals surface area contributed by atoms with Crippen LogP contribution in [0.3, 0.4) is 0 Å². The average Bonchev–Trinajstić information content (AvgIpc) is 3.10. The number of fused-ring (bicyclic) bond motifs is 1. The monoisotopic (exact) mass is 381 g/mol. The van der Waals surface area contributed by atoms with Gasteiger partial charge >= 0.3 is 0 Å². The summed E-state index contributed by atoms with van der Waals surface area (Å²) in [5.41, 5.74) is 3.22. The minimum Gasteiger partial charge on any atom is -0.495 e. The molecule has 0 unspecified atom stereocenters. The van der Waals surface area contributed by atoms with E-state index in [9.17, 15) is 0 Å². The van der Waals surface area contributed by atoms with Crippen molar-refractivity contribution in [3.05, 3.63) is 30.2 Å². The number of nitrogens with zero attached hydrogens (tertiary/aromatic N) is 5. The molecule has 0 aromatic carbocycles. The van der Waals surface area contributed by atoms with Gasteiger partial charge in [0.1, 0.15) is 17.1 Å². The van der Waals surface area contributed by atoms with E-state index in [-0.39, 0.29) is 5.92 Å². The van der Waals surface area contributed by atoms with Crippen LogP contribution < -0.4 is 15.4 Å². The van der Waals surface area contributed by atoms with Gasteiger partial charge in [-0.2, -0.15) is 5.10 Å². The molecule has 2 aliphatic rings. The second kappa shape index (κ2) is 7.33. The maximum atomic E-state index is 5.52. The largest absolute Gasteiger partial charge is 0.495 e. The Bertz CT molecular complexity index is 980. The molecule has 28 heavy (non-hydrogen) atoms. The third kappa shape index (κ3) is 3.16. The van der Waals surface area contributed by atoms with Crippen molar-refractivity contribution < 1.29 is 9.47 Å². The highest BCUT2D eigenvalue weighted by Gasteiger charge is 2.27. The number of hydrogen-bond donors (Lipinski definition) is 2. The van der Waals surface area contributed by atoms with Gasteiger partial charge in [-0.1, -0.05) is 0 Å². The quantitative estimate of drug-likeness (QED) is 0.686. The normalized spacial score (nSPS) is 20.1. The standard InChI is InChI=1S/C19H23N7O2/c1-27-16-7-17-22-9-15(26(17)25-18(16)12-10-28-11-12)14-4-6-21-19(24-14)23-13-3-2-5-20-8-13/h4,6-7,9,12-13,20H,2-3,5,8,10-11H2,1H3,(H,21,23,24)/t13-/m1/s1. The van der Waals surface area contributed by atoms with Gasteiger partial charge in [-0.3, -0.25) is 0 Å². The minimum atomic E-state index is 0.246. The zero-order chi connectivity index (χ0) is 18.9. The molecule has 0 bridgehead atoms. The maximum Gasteiger partial charge on any atom is 0.223 e. The Labute approximate surface area is 162 Å². The lowest BCUT2D eigenvalue weighted by atomic mass is 10.0. The van der Waals surface area contributed by atoms with Crippen molar-refractivity contribution in [2.75, 3.05) is 38.7 Å². The van der Waals surface area contributed by atoms with Crippen molar-refractivity contribution in [3.63, 3.8) is 0 Å². The number of rotatable bonds is 5. The molecule has 146 valence electrons. The van der Waals surface area contributed by atoms with Gasteiger partial charge in [0.15, 0.2) is 5.65 Å². The summed E-state index contributed by atoms with van der Waals surface area (Å²) in [5.74, 6) is 1.62. The van der Waals surface area contributed by atoms with E-state index >= 15 is 0 Å². The Morgan fingerprint density at radius 1 is 1.32 bits per heavy atom. The number of piperidine rings is 1. The molecule has 0 spiro atoms. The fourth-order valence-electron chi connectivity index (χ4n) is 3.65. The molecule has 2 N–H and O–H groups in total. The van der Waals surface area contributed by atoms with E-state index in [0.717, 1.165) is 54.4 Å². The Kier molecular flexibility index (Phi) is 4.53. The van der Waals surface area contributed by atoms with Crippen molar-refractivity contribution in [1.29, 1.82) is 0 Å². The maximum absolute atomic E-state index is 5.52. The van der Waals surface area contributed by atoms with E-state index in [0.29, 0.717) is 25.2 Å². The second-order valence-electron chi connectivity index (χ2n) is 7.20. The lowest BCUT2D eigenvalue weighted by Gasteiger charge is -2.26. The van der Waals surface area contributed by atoms with E-state index in [1.54, 1.807) is 19.5 Å². The second-order valence-corrected chi connectivity index (χ2v) is 7.20. The fraction of sp³-hybridized carbons (Fsp3) is 0.474. The summed E-state index contributed by atoms with van der Waals surface area (Å²) < 4.78 is 12.7. The van der Waals surface area contributed by atoms with Crippen LogP contribution in [0.2, 0.25) is 0 Å². The van der Waals surface area contributed by atoms with E-state index in [2.05, 4.69) is 20.6 Å². The van der Waals surface area contributed by atoms with Crippen LogP contribution in [-0.4, -0.2) is 64.0 Å². The van der Waals surface area contributed by atoms with Gasteiger partial charge in [-0.15, -0.1) is 0 Å². The Balaban J connectivity index is 1.49. The highest BCUT2D eigenvalue weighted by molar-refractivity contribution is 5.61. The van der Waals surface area contributed by atoms with Gasteiger partial charge in [0.25, 0.3) is 0 Å². The molecule has 3 aromatic heterocycles. The lowest BCUT2D eigenvalue weighted by molar-refractivity contribution is 0.00530. The molecule has 1 atom stereocenters. The third-order valence-corrected chi connectivity index (χ3v) is 5.28. The van der Waals surface area contributed by atoms with Gasteiger partial charge < -0.3 is 20.1 Å². The van der Waals surface area contributed by atoms with E-state index in [4.69, 9.17) is 19.6 Å². The summed E-state index contributed by atoms with van der Waals surface area (Å²) in [6.45, 7) is 3.33. The molecule has 5 rings (SSSR count). The van der Waals surface area contributed by atoms with Gasteiger partial charge in [0, 0.05) is 24.8 Å². The van der Waals surface area contributed by atoms with Crippen LogP contribution in [0.15, 0.2) is 24.5 Å². The molecule has 0 saturated carbocycles. The van der Waals surface area contributed by atoms with Crippen molar-refractivity contribution in [2.24, 2.45) is 0 Å². The number of hydrogen-bond acceptors (Lipinski definition) is 8. The molecule has 5 heterocycles. The van der Waals surface area contributed by atoms with Crippen molar-refractivity contribution in [1.82, 2.24) is 29.9 Å². The van der Waals surface area contributed by atoms with Gasteiger partial charge in [0.2, 0.25) is 5.95 Å². The molecule has 0 amide bonds. The molecular formula is C19H23N7O2. The molecule has 9 heteroatoms. The van der Waals surface area contributed by atoms with Crippen LogP contribution in [0.5, 0.6) is 5.75 Å². The first-order valence-electron chi connectivity index (χ1n) is 9.63. The third-order valence-electron chi connectivity index (χ3n) is 5.28. The summed E-state index contributed by atoms with van der Waals surface area (Å²) >= 11 is 0. The highest BCUT2D eigenvalue weighted by atomic mass is 16.5. The lowest BCUT2D eigenvalue weighted by Crippen LogP contribution is -2.38. The van der Waals surface area contributed by atoms with E-state index < -0.39 is 0 Å². The first-order chi connectivity index (χ1) is 13.8. The van der Waals surface area contributed by atoms with Crippen LogP contribution in [0.1, 0.15) is 24.5 Å². The number of ether oxygens (including phenoxy) is 2. The molecular weight excluding hydrogens is 358 g/mol. The number of nitrogens with one attached hydrogen (secondary N) is 2. The van der Waals surface area contributed by atoms with Crippen LogP contribution in [0, 0.1) is 0 Å². The minimum absolute atomic E-state index is 0.246. The fourth-order valence-corrected chi connectivity index (χ4v) is 3.65. The first kappa shape index (κ1) is 17.3. The van der Waals surface area contributed by atoms with Crippen LogP contribution >= 0.6 is 0 Å². The van der Waals surface area contributed by atoms with Gasteiger partial charge in [-0.05, 0) is 25.5 Å². The Morgan fingerprint density at radius 2 is 2.25 bits per heavy atom. The average molecular weight is 381 g/mol. The first-order valence-corrected chi connectivity index (χ1v) is 9.63. The molecule has 2 fully saturated rings. The Morgan fingerprint density at radius 3 is 3.00 bits per heavy atom. The van der Waals surface area contributed by atoms with Crippen LogP contribution in [0.25, 0.3) is 17.0 Å². The van der Waals surface area contributed by atoms with Gasteiger partial charge in [-0.25, -0.2) is 19.5 Å². The zero-order valence-corrected chi connectivity index (χ0v) is 15.8. The van der Waals surface area contributed by atoms with E-state index in [1.807, 2.05) is 16.6 Å². The van der Waals surface area contributed by atoms with Crippen LogP contribution in [-0.2, 0) is 4.74 Å². The number of anilines is 1. The molecule has 3 aromatic rings. The Hall–Kier alpha value is -2.78. The predicted octanol–water partition coefficient (Wildman–Crippen LogP) is 1.47. The SMILES string of the molecule is COc1cc2ncc(-c3ccnc(N[C@@H]4CCCNC4)n3)n2nc1C1COC1. The zero-order valence-electron chi connectivity index (χ0n) is 15.8. The smallest absolute Gasteiger partial charge is 0.223 e. The number of methoxy groups -OCH3 is 1. The van der Waals surface area contributed by atoms with Crippen molar-refractivity contribution >= 4 is 11.6 Å². The van der Waals surface area contributed by atoms with Crippen LogP contribution in [0.4, 0.5) is 5.95 Å². The molecule has 2 aliphatic heterocycles. The summed E-state index contributed by atoms with van der Waals surface area (Å²) in [4.78, 5) is 13.6. The van der Waals surface area contributed by atoms with Crippen molar-refractivity contribution in [3.8, 4) is 17.1 Å². The topological polar surface area (TPSA) is 98.5 Å². The summed E-state index contributed by atoms with van der Waals surface area (Å²) in [7, 11) is 1.66. The summed E-state index contributed by atoms with van der Waals surface area (Å²) in [6, 6.07) is 4.14. The van der Waals surface area contributed by atoms with Crippen molar-refractivity contribution in [2.45, 2.75) is 24.8 Å². The molecule has 9 nitrogen and oxygen atoms in total. The number of aromatic nitrogens is 5. The summed E-state index contributed by atoms with van der Waals surface area (Å²) in [5, 5.41) is 11.6. The number of imidazole rings is 1. The summed E-state index contributed by atoms with van der Waals surface area (Å²) in [6.07, 6.45) is 5.83. The van der Waals surface area contributed by atoms with E-state index in [1.165, 1.54) is 0 Å².